The Hall–Kier alpha value is -3.61. The van der Waals surface area contributed by atoms with E-state index in [0.29, 0.717) is 39.2 Å². The maximum Gasteiger partial charge on any atom is 0.251 e. The monoisotopic (exact) mass is 670 g/mol. The summed E-state index contributed by atoms with van der Waals surface area (Å²) < 4.78 is 16.7. The SMILES string of the molecule is COc1cc(C(=O)NCCCN2CCN(CCC(CCCO[Si](C)(C)C(C)(C)C)O/N=C/c3ccccc3)CC2=O)cc(O)c1OC. The lowest BCUT2D eigenvalue weighted by atomic mass is 10.1. The van der Waals surface area contributed by atoms with Gasteiger partial charge in [-0.2, -0.15) is 0 Å². The van der Waals surface area contributed by atoms with Crippen molar-refractivity contribution in [3.63, 3.8) is 0 Å². The van der Waals surface area contributed by atoms with Crippen LogP contribution in [0.1, 0.15) is 62.4 Å². The van der Waals surface area contributed by atoms with Gasteiger partial charge >= 0.3 is 0 Å². The van der Waals surface area contributed by atoms with E-state index in [-0.39, 0.29) is 45.8 Å². The van der Waals surface area contributed by atoms with E-state index >= 15 is 0 Å². The van der Waals surface area contributed by atoms with Gasteiger partial charge in [0.25, 0.3) is 5.91 Å². The van der Waals surface area contributed by atoms with Gasteiger partial charge in [0.05, 0.1) is 27.0 Å². The van der Waals surface area contributed by atoms with Crippen LogP contribution < -0.4 is 14.8 Å². The maximum absolute atomic E-state index is 13.0. The topological polar surface area (TPSA) is 122 Å². The van der Waals surface area contributed by atoms with Gasteiger partial charge < -0.3 is 34.1 Å². The van der Waals surface area contributed by atoms with Crippen molar-refractivity contribution < 1.29 is 33.4 Å². The van der Waals surface area contributed by atoms with Gasteiger partial charge in [-0.05, 0) is 61.5 Å². The van der Waals surface area contributed by atoms with E-state index in [2.05, 4.69) is 49.2 Å². The van der Waals surface area contributed by atoms with Crippen molar-refractivity contribution in [3.8, 4) is 17.2 Å². The fourth-order valence-corrected chi connectivity index (χ4v) is 6.07. The molecule has 0 spiro atoms. The maximum atomic E-state index is 13.0. The van der Waals surface area contributed by atoms with Crippen LogP contribution in [-0.2, 0) is 14.1 Å². The molecule has 1 atom stereocenters. The number of carbonyl (C=O) groups excluding carboxylic acids is 2. The highest BCUT2D eigenvalue weighted by Gasteiger charge is 2.37. The Morgan fingerprint density at radius 1 is 1.06 bits per heavy atom. The number of hydrogen-bond acceptors (Lipinski definition) is 9. The van der Waals surface area contributed by atoms with Crippen LogP contribution in [0.15, 0.2) is 47.6 Å². The standard InChI is InChI=1S/C35H54N4O7Si/c1-35(2,3)47(6,7)45-22-11-15-29(46-37-25-27-13-9-8-10-14-27)16-19-38-20-21-39(32(41)26-38)18-12-17-36-34(42)28-23-30(40)33(44-5)31(24-28)43-4/h8-10,13-14,23-25,29,40H,11-12,15-22,26H2,1-7H3,(H,36,42)/b37-25+. The molecule has 1 unspecified atom stereocenters. The van der Waals surface area contributed by atoms with Crippen LogP contribution >= 0.6 is 0 Å². The first-order chi connectivity index (χ1) is 22.3. The summed E-state index contributed by atoms with van der Waals surface area (Å²) in [6.45, 7) is 15.4. The molecule has 0 radical (unpaired) electrons. The van der Waals surface area contributed by atoms with Gasteiger partial charge in [-0.15, -0.1) is 0 Å². The summed E-state index contributed by atoms with van der Waals surface area (Å²) in [4.78, 5) is 35.6. The van der Waals surface area contributed by atoms with Crippen molar-refractivity contribution in [1.82, 2.24) is 15.1 Å². The fourth-order valence-electron chi connectivity index (χ4n) is 4.98. The lowest BCUT2D eigenvalue weighted by Gasteiger charge is -2.36. The van der Waals surface area contributed by atoms with Crippen molar-refractivity contribution in [2.24, 2.45) is 5.16 Å². The van der Waals surface area contributed by atoms with E-state index < -0.39 is 8.32 Å². The molecule has 1 saturated heterocycles. The molecule has 0 aromatic heterocycles. The molecule has 2 N–H and O–H groups in total. The normalized spacial score (nSPS) is 15.1. The number of aromatic hydroxyl groups is 1. The minimum absolute atomic E-state index is 0.0785. The highest BCUT2D eigenvalue weighted by molar-refractivity contribution is 6.74. The molecule has 1 fully saturated rings. The van der Waals surface area contributed by atoms with E-state index in [0.717, 1.165) is 37.9 Å². The molecule has 0 aliphatic carbocycles. The third-order valence-corrected chi connectivity index (χ3v) is 13.5. The predicted octanol–water partition coefficient (Wildman–Crippen LogP) is 5.28. The summed E-state index contributed by atoms with van der Waals surface area (Å²) in [6, 6.07) is 12.7. The van der Waals surface area contributed by atoms with Gasteiger partial charge in [0.15, 0.2) is 19.8 Å². The molecule has 260 valence electrons. The first-order valence-electron chi connectivity index (χ1n) is 16.5. The third-order valence-electron chi connectivity index (χ3n) is 8.93. The highest BCUT2D eigenvalue weighted by Crippen LogP contribution is 2.38. The lowest BCUT2D eigenvalue weighted by Crippen LogP contribution is -2.51. The molecule has 47 heavy (non-hydrogen) atoms. The van der Waals surface area contributed by atoms with Crippen molar-refractivity contribution in [2.75, 3.05) is 60.1 Å². The summed E-state index contributed by atoms with van der Waals surface area (Å²) >= 11 is 0. The quantitative estimate of drug-likeness (QED) is 0.0951. The summed E-state index contributed by atoms with van der Waals surface area (Å²) in [5.74, 6) is 0.0139. The van der Waals surface area contributed by atoms with Crippen molar-refractivity contribution in [2.45, 2.75) is 70.7 Å². The van der Waals surface area contributed by atoms with Crippen molar-refractivity contribution in [1.29, 1.82) is 0 Å². The first kappa shape index (κ1) is 37.8. The van der Waals surface area contributed by atoms with Gasteiger partial charge in [-0.25, -0.2) is 0 Å². The number of phenolic OH excluding ortho intramolecular Hbond substituents is 1. The van der Waals surface area contributed by atoms with E-state index in [1.165, 1.54) is 26.4 Å². The average Bonchev–Trinajstić information content (AvgIpc) is 3.03. The van der Waals surface area contributed by atoms with Gasteiger partial charge in [-0.1, -0.05) is 56.3 Å². The van der Waals surface area contributed by atoms with Gasteiger partial charge in [-0.3, -0.25) is 14.5 Å². The molecule has 2 aromatic carbocycles. The van der Waals surface area contributed by atoms with Gasteiger partial charge in [0.2, 0.25) is 11.7 Å². The third kappa shape index (κ3) is 11.8. The average molecular weight is 671 g/mol. The number of carbonyl (C=O) groups is 2. The zero-order valence-electron chi connectivity index (χ0n) is 29.2. The van der Waals surface area contributed by atoms with Crippen LogP contribution in [-0.4, -0.2) is 107 Å². The Labute approximate surface area is 281 Å². The highest BCUT2D eigenvalue weighted by atomic mass is 28.4. The molecule has 2 aromatic rings. The smallest absolute Gasteiger partial charge is 0.251 e. The minimum atomic E-state index is -1.81. The number of rotatable bonds is 18. The summed E-state index contributed by atoms with van der Waals surface area (Å²) in [7, 11) is 1.05. The Bertz CT molecular complexity index is 1320. The molecule has 2 amide bonds. The van der Waals surface area contributed by atoms with Crippen LogP contribution in [0.3, 0.4) is 0 Å². The Kier molecular flexibility index (Phi) is 14.5. The summed E-state index contributed by atoms with van der Waals surface area (Å²) in [5.41, 5.74) is 1.25. The molecule has 1 heterocycles. The Balaban J connectivity index is 1.43. The van der Waals surface area contributed by atoms with Crippen molar-refractivity contribution in [3.05, 3.63) is 53.6 Å². The summed E-state index contributed by atoms with van der Waals surface area (Å²) in [6.07, 6.45) is 4.74. The largest absolute Gasteiger partial charge is 0.504 e. The second kappa shape index (κ2) is 18.1. The first-order valence-corrected chi connectivity index (χ1v) is 19.4. The number of benzene rings is 2. The molecule has 1 aliphatic rings. The van der Waals surface area contributed by atoms with E-state index in [4.69, 9.17) is 18.7 Å². The second-order valence-electron chi connectivity index (χ2n) is 13.4. The minimum Gasteiger partial charge on any atom is -0.504 e. The molecule has 0 saturated carbocycles. The van der Waals surface area contributed by atoms with Crippen LogP contribution in [0, 0.1) is 0 Å². The number of amides is 2. The van der Waals surface area contributed by atoms with Crippen LogP contribution in [0.5, 0.6) is 17.2 Å². The fraction of sp³-hybridized carbons (Fsp3) is 0.571. The predicted molar refractivity (Wildman–Crippen MR) is 187 cm³/mol. The molecule has 1 aliphatic heterocycles. The van der Waals surface area contributed by atoms with E-state index in [9.17, 15) is 14.7 Å². The number of methoxy groups -OCH3 is 2. The van der Waals surface area contributed by atoms with Gasteiger partial charge in [0.1, 0.15) is 6.10 Å². The number of hydrogen-bond donors (Lipinski definition) is 2. The number of nitrogens with zero attached hydrogens (tertiary/aromatic N) is 3. The second-order valence-corrected chi connectivity index (χ2v) is 18.2. The molecular formula is C35H54N4O7Si. The van der Waals surface area contributed by atoms with Crippen LogP contribution in [0.4, 0.5) is 0 Å². The Morgan fingerprint density at radius 2 is 1.81 bits per heavy atom. The molecule has 12 heteroatoms. The molecular weight excluding hydrogens is 616 g/mol. The number of nitrogens with one attached hydrogen (secondary N) is 1. The molecule has 11 nitrogen and oxygen atoms in total. The van der Waals surface area contributed by atoms with Crippen LogP contribution in [0.2, 0.25) is 18.1 Å². The molecule has 0 bridgehead atoms. The number of ether oxygens (including phenoxy) is 2. The lowest BCUT2D eigenvalue weighted by molar-refractivity contribution is -0.136. The van der Waals surface area contributed by atoms with E-state index in [1.54, 1.807) is 6.21 Å². The van der Waals surface area contributed by atoms with Crippen LogP contribution in [0.25, 0.3) is 0 Å². The zero-order chi connectivity index (χ0) is 34.5. The van der Waals surface area contributed by atoms with Crippen molar-refractivity contribution >= 4 is 26.3 Å². The number of oxime groups is 1. The molecule has 3 rings (SSSR count). The Morgan fingerprint density at radius 3 is 2.47 bits per heavy atom. The van der Waals surface area contributed by atoms with Gasteiger partial charge in [0, 0.05) is 44.9 Å². The van der Waals surface area contributed by atoms with E-state index in [1.807, 2.05) is 35.2 Å². The number of piperazine rings is 1. The zero-order valence-corrected chi connectivity index (χ0v) is 30.2. The summed E-state index contributed by atoms with van der Waals surface area (Å²) in [5, 5.41) is 17.4. The number of phenols is 1.